The van der Waals surface area contributed by atoms with Crippen molar-refractivity contribution in [2.75, 3.05) is 43.9 Å². The van der Waals surface area contributed by atoms with Crippen molar-refractivity contribution < 1.29 is 13.9 Å². The highest BCUT2D eigenvalue weighted by molar-refractivity contribution is 7.59. The number of likely N-dealkylation sites (N-methyl/N-ethyl adjacent to an activating group) is 2. The van der Waals surface area contributed by atoms with E-state index in [2.05, 4.69) is 33.4 Å². The first-order chi connectivity index (χ1) is 20.3. The lowest BCUT2D eigenvalue weighted by molar-refractivity contribution is -0.127. The second-order valence-corrected chi connectivity index (χ2v) is 10.7. The van der Waals surface area contributed by atoms with Crippen molar-refractivity contribution in [1.82, 2.24) is 19.8 Å². The third kappa shape index (κ3) is 7.94. The van der Waals surface area contributed by atoms with Crippen molar-refractivity contribution in [3.8, 4) is 12.1 Å². The van der Waals surface area contributed by atoms with Gasteiger partial charge in [-0.05, 0) is 64.9 Å². The van der Waals surface area contributed by atoms with Gasteiger partial charge in [-0.1, -0.05) is 30.8 Å². The van der Waals surface area contributed by atoms with Crippen LogP contribution in [0.2, 0.25) is 0 Å². The molecule has 2 atom stereocenters. The van der Waals surface area contributed by atoms with Crippen molar-refractivity contribution in [2.24, 2.45) is 0 Å². The number of hydrogen-bond acceptors (Lipinski definition) is 8. The fourth-order valence-corrected chi connectivity index (χ4v) is 5.63. The van der Waals surface area contributed by atoms with Gasteiger partial charge in [0.05, 0.1) is 24.7 Å². The molecule has 1 amide bonds. The largest absolute Gasteiger partial charge is 0.462 e. The van der Waals surface area contributed by atoms with Crippen LogP contribution in [-0.2, 0) is 17.8 Å². The maximum atomic E-state index is 14.2. The van der Waals surface area contributed by atoms with E-state index in [0.29, 0.717) is 49.4 Å². The van der Waals surface area contributed by atoms with Gasteiger partial charge >= 0.3 is 6.01 Å². The number of nitriles is 1. The zero-order valence-corrected chi connectivity index (χ0v) is 26.2. The summed E-state index contributed by atoms with van der Waals surface area (Å²) >= 11 is 0. The maximum absolute atomic E-state index is 14.2. The number of anilines is 2. The van der Waals surface area contributed by atoms with E-state index >= 15 is 0 Å². The zero-order valence-electron chi connectivity index (χ0n) is 25.2. The van der Waals surface area contributed by atoms with Crippen LogP contribution in [0.1, 0.15) is 44.4 Å². The minimum absolute atomic E-state index is 0. The molecule has 0 aliphatic carbocycles. The summed E-state index contributed by atoms with van der Waals surface area (Å²) in [7, 11) is 2.12. The first-order valence-corrected chi connectivity index (χ1v) is 14.5. The molecule has 3 aromatic rings. The van der Waals surface area contributed by atoms with Crippen molar-refractivity contribution in [3.05, 3.63) is 66.1 Å². The van der Waals surface area contributed by atoms with E-state index in [9.17, 15) is 9.18 Å². The van der Waals surface area contributed by atoms with Gasteiger partial charge in [0.1, 0.15) is 18.2 Å². The fourth-order valence-electron chi connectivity index (χ4n) is 5.63. The molecule has 2 aromatic carbocycles. The number of nitrogens with zero attached hydrogens (tertiary/aromatic N) is 6. The van der Waals surface area contributed by atoms with Crippen LogP contribution in [0.15, 0.2) is 49.1 Å². The Hall–Kier alpha value is -3.88. The molecule has 2 N–H and O–H groups in total. The second kappa shape index (κ2) is 15.5. The lowest BCUT2D eigenvalue weighted by Gasteiger charge is -2.31. The number of nitrogen functional groups attached to an aromatic ring is 1. The van der Waals surface area contributed by atoms with E-state index in [1.54, 1.807) is 4.90 Å². The van der Waals surface area contributed by atoms with E-state index < -0.39 is 0 Å². The zero-order chi connectivity index (χ0) is 30.2. The number of hydrogen-bond donors (Lipinski definition) is 1. The quantitative estimate of drug-likeness (QED) is 0.363. The first-order valence-electron chi connectivity index (χ1n) is 14.5. The van der Waals surface area contributed by atoms with Crippen molar-refractivity contribution in [1.29, 1.82) is 5.26 Å². The van der Waals surface area contributed by atoms with Gasteiger partial charge in [-0.2, -0.15) is 28.7 Å². The number of amides is 1. The van der Waals surface area contributed by atoms with Gasteiger partial charge in [0.25, 0.3) is 0 Å². The van der Waals surface area contributed by atoms with Crippen LogP contribution in [0.5, 0.6) is 6.01 Å². The Bertz CT molecular complexity index is 1460. The molecule has 43 heavy (non-hydrogen) atoms. The average Bonchev–Trinajstić information content (AvgIpc) is 3.41. The van der Waals surface area contributed by atoms with E-state index in [-0.39, 0.29) is 31.3 Å². The van der Waals surface area contributed by atoms with Crippen LogP contribution >= 0.6 is 13.5 Å². The smallest absolute Gasteiger partial charge is 0.318 e. The molecule has 0 bridgehead atoms. The van der Waals surface area contributed by atoms with Crippen LogP contribution < -0.4 is 15.4 Å². The van der Waals surface area contributed by atoms with Crippen molar-refractivity contribution >= 4 is 41.7 Å². The lowest BCUT2D eigenvalue weighted by Crippen LogP contribution is -2.37. The van der Waals surface area contributed by atoms with Gasteiger partial charge < -0.3 is 25.2 Å². The predicted molar refractivity (Wildman–Crippen MR) is 174 cm³/mol. The lowest BCUT2D eigenvalue weighted by atomic mass is 10.0. The summed E-state index contributed by atoms with van der Waals surface area (Å²) in [6.45, 7) is 10.8. The van der Waals surface area contributed by atoms with Crippen LogP contribution in [0, 0.1) is 17.1 Å². The van der Waals surface area contributed by atoms with Crippen LogP contribution in [-0.4, -0.2) is 71.0 Å². The topological polar surface area (TPSA) is 112 Å². The molecule has 0 spiro atoms. The summed E-state index contributed by atoms with van der Waals surface area (Å²) in [5.41, 5.74) is 9.12. The van der Waals surface area contributed by atoms with Gasteiger partial charge in [0, 0.05) is 47.2 Å². The molecular formula is C32H42FN7O2S. The molecule has 1 fully saturated rings. The van der Waals surface area contributed by atoms with Gasteiger partial charge in [-0.15, -0.1) is 0 Å². The molecule has 9 nitrogen and oxygen atoms in total. The molecule has 230 valence electrons. The SMILES string of the molecule is C=CC(=O)N(CC)C(C)CC#N.CN1CCC[C@H]1COc1nc(N)c2c(n1)CN(c1ccc(F)c3ccccc13)CC2.S. The normalized spacial score (nSPS) is 16.6. The van der Waals surface area contributed by atoms with Crippen LogP contribution in [0.25, 0.3) is 10.8 Å². The van der Waals surface area contributed by atoms with Gasteiger partial charge in [0.2, 0.25) is 5.91 Å². The average molecular weight is 608 g/mol. The van der Waals surface area contributed by atoms with E-state index in [1.807, 2.05) is 50.2 Å². The molecule has 3 heterocycles. The van der Waals surface area contributed by atoms with E-state index in [1.165, 1.54) is 18.6 Å². The number of benzene rings is 2. The monoisotopic (exact) mass is 607 g/mol. The minimum atomic E-state index is -0.203. The fraction of sp³-hybridized carbons (Fsp3) is 0.438. The summed E-state index contributed by atoms with van der Waals surface area (Å²) in [5, 5.41) is 9.96. The maximum Gasteiger partial charge on any atom is 0.318 e. The highest BCUT2D eigenvalue weighted by Crippen LogP contribution is 2.33. The Morgan fingerprint density at radius 3 is 2.67 bits per heavy atom. The molecule has 0 saturated carbocycles. The van der Waals surface area contributed by atoms with Crippen molar-refractivity contribution in [2.45, 2.75) is 58.2 Å². The number of ether oxygens (including phenoxy) is 1. The Kier molecular flexibility index (Phi) is 12.2. The molecule has 5 rings (SSSR count). The van der Waals surface area contributed by atoms with Gasteiger partial charge in [-0.25, -0.2) is 4.39 Å². The standard InChI is InChI=1S/C23H26FN5O.C9H14N2O.H2S/c1-28-11-4-5-15(28)14-30-23-26-20-13-29(12-10-18(20)22(25)27-23)21-9-8-19(24)16-6-2-3-7-17(16)21;1-4-9(12)11(5-2)8(3)6-7-10;/h2-3,6-9,15H,4-5,10-14H2,1H3,(H2,25,26,27);4,8H,1,5-6H2,2-3H3;1H2/t15-;;/m0../s1. The summed E-state index contributed by atoms with van der Waals surface area (Å²) in [6, 6.07) is 13.7. The Labute approximate surface area is 260 Å². The molecule has 2 aliphatic heterocycles. The number of rotatable bonds is 8. The first kappa shape index (κ1) is 33.6. The minimum Gasteiger partial charge on any atom is -0.462 e. The molecule has 1 unspecified atom stereocenters. The number of carbonyl (C=O) groups is 1. The third-order valence-electron chi connectivity index (χ3n) is 8.06. The van der Waals surface area contributed by atoms with E-state index in [0.717, 1.165) is 48.3 Å². The number of carbonyl (C=O) groups excluding carboxylic acids is 1. The molecule has 2 aliphatic rings. The summed E-state index contributed by atoms with van der Waals surface area (Å²) in [4.78, 5) is 26.4. The Balaban J connectivity index is 0.000000334. The highest BCUT2D eigenvalue weighted by atomic mass is 32.1. The van der Waals surface area contributed by atoms with Gasteiger partial charge in [-0.3, -0.25) is 4.79 Å². The number of likely N-dealkylation sites (tertiary alicyclic amines) is 1. The Morgan fingerprint density at radius 1 is 1.28 bits per heavy atom. The van der Waals surface area contributed by atoms with E-state index in [4.69, 9.17) is 15.7 Å². The number of fused-ring (bicyclic) bond motifs is 2. The number of aromatic nitrogens is 2. The molecule has 1 aromatic heterocycles. The number of nitrogens with two attached hydrogens (primary N) is 1. The molecule has 1 saturated heterocycles. The second-order valence-electron chi connectivity index (χ2n) is 10.7. The van der Waals surface area contributed by atoms with Crippen LogP contribution in [0.4, 0.5) is 15.9 Å². The highest BCUT2D eigenvalue weighted by Gasteiger charge is 2.25. The third-order valence-corrected chi connectivity index (χ3v) is 8.06. The number of halogens is 1. The predicted octanol–water partition coefficient (Wildman–Crippen LogP) is 4.82. The Morgan fingerprint density at radius 2 is 2.02 bits per heavy atom. The molecule has 0 radical (unpaired) electrons. The molecular weight excluding hydrogens is 565 g/mol. The molecule has 11 heteroatoms. The van der Waals surface area contributed by atoms with Gasteiger partial charge in [0.15, 0.2) is 0 Å². The summed E-state index contributed by atoms with van der Waals surface area (Å²) in [6.07, 6.45) is 4.71. The van der Waals surface area contributed by atoms with Crippen molar-refractivity contribution in [3.63, 3.8) is 0 Å². The van der Waals surface area contributed by atoms with Crippen LogP contribution in [0.3, 0.4) is 0 Å². The summed E-state index contributed by atoms with van der Waals surface area (Å²) in [5.74, 6) is 0.185. The summed E-state index contributed by atoms with van der Waals surface area (Å²) < 4.78 is 20.2.